The van der Waals surface area contributed by atoms with E-state index < -0.39 is 0 Å². The monoisotopic (exact) mass is 423 g/mol. The lowest BCUT2D eigenvalue weighted by molar-refractivity contribution is -0.116. The van der Waals surface area contributed by atoms with Crippen LogP contribution in [0.15, 0.2) is 35.3 Å². The summed E-state index contributed by atoms with van der Waals surface area (Å²) in [5.74, 6) is 0.740. The van der Waals surface area contributed by atoms with E-state index in [0.29, 0.717) is 35.6 Å². The van der Waals surface area contributed by atoms with Crippen molar-refractivity contribution in [3.05, 3.63) is 51.8 Å². The first-order valence-corrected chi connectivity index (χ1v) is 10.1. The second kappa shape index (κ2) is 11.0. The fourth-order valence-electron chi connectivity index (χ4n) is 2.59. The van der Waals surface area contributed by atoms with Gasteiger partial charge >= 0.3 is 0 Å². The Morgan fingerprint density at radius 2 is 1.86 bits per heavy atom. The van der Waals surface area contributed by atoms with Gasteiger partial charge in [-0.3, -0.25) is 4.79 Å². The first-order chi connectivity index (χ1) is 13.4. The van der Waals surface area contributed by atoms with E-state index >= 15 is 0 Å². The summed E-state index contributed by atoms with van der Waals surface area (Å²) in [7, 11) is 1.87. The molecular formula is C20H27Cl2N5O. The molecule has 0 spiro atoms. The number of guanidine groups is 1. The summed E-state index contributed by atoms with van der Waals surface area (Å²) in [6.07, 6.45) is 1.36. The summed E-state index contributed by atoms with van der Waals surface area (Å²) in [6, 6.07) is 9.56. The summed E-state index contributed by atoms with van der Waals surface area (Å²) < 4.78 is 1.84. The second-order valence-electron chi connectivity index (χ2n) is 6.38. The van der Waals surface area contributed by atoms with Gasteiger partial charge in [0.2, 0.25) is 5.91 Å². The Hall–Kier alpha value is -2.18. The summed E-state index contributed by atoms with van der Waals surface area (Å²) in [5.41, 5.74) is 2.82. The molecule has 1 amide bonds. The summed E-state index contributed by atoms with van der Waals surface area (Å²) >= 11 is 12.2. The number of hydrogen-bond acceptors (Lipinski definition) is 2. The highest BCUT2D eigenvalue weighted by Gasteiger charge is 2.09. The molecule has 1 aromatic carbocycles. The molecule has 8 heteroatoms. The average molecular weight is 424 g/mol. The minimum Gasteiger partial charge on any atom is -0.357 e. The third-order valence-electron chi connectivity index (χ3n) is 4.13. The topological polar surface area (TPSA) is 70.4 Å². The van der Waals surface area contributed by atoms with Crippen molar-refractivity contribution in [2.24, 2.45) is 12.0 Å². The fraction of sp³-hybridized carbons (Fsp3) is 0.400. The zero-order valence-electron chi connectivity index (χ0n) is 16.5. The number of benzene rings is 1. The van der Waals surface area contributed by atoms with Gasteiger partial charge in [0.1, 0.15) is 5.15 Å². The number of anilines is 1. The number of nitrogens with one attached hydrogen (secondary N) is 3. The molecule has 0 radical (unpaired) electrons. The summed E-state index contributed by atoms with van der Waals surface area (Å²) in [4.78, 5) is 16.3. The highest BCUT2D eigenvalue weighted by atomic mass is 35.5. The first kappa shape index (κ1) is 22.1. The van der Waals surface area contributed by atoms with Gasteiger partial charge in [0.15, 0.2) is 5.96 Å². The van der Waals surface area contributed by atoms with E-state index in [1.165, 1.54) is 0 Å². The number of carbonyl (C=O) groups is 1. The molecule has 152 valence electrons. The van der Waals surface area contributed by atoms with Crippen molar-refractivity contribution in [2.75, 3.05) is 11.9 Å². The molecule has 0 saturated carbocycles. The van der Waals surface area contributed by atoms with Gasteiger partial charge in [-0.1, -0.05) is 42.3 Å². The van der Waals surface area contributed by atoms with Crippen LogP contribution in [0.1, 0.15) is 37.9 Å². The average Bonchev–Trinajstić information content (AvgIpc) is 2.92. The van der Waals surface area contributed by atoms with E-state index in [-0.39, 0.29) is 5.91 Å². The van der Waals surface area contributed by atoms with Crippen molar-refractivity contribution >= 4 is 40.8 Å². The smallest absolute Gasteiger partial charge is 0.224 e. The third kappa shape index (κ3) is 6.46. The molecule has 6 nitrogen and oxygen atoms in total. The van der Waals surface area contributed by atoms with Gasteiger partial charge in [-0.25, -0.2) is 4.99 Å². The van der Waals surface area contributed by atoms with Crippen LogP contribution in [-0.4, -0.2) is 23.0 Å². The van der Waals surface area contributed by atoms with Crippen LogP contribution in [0.5, 0.6) is 0 Å². The molecule has 0 aliphatic carbocycles. The zero-order valence-corrected chi connectivity index (χ0v) is 18.0. The van der Waals surface area contributed by atoms with E-state index in [1.807, 2.05) is 55.8 Å². The van der Waals surface area contributed by atoms with Crippen molar-refractivity contribution in [2.45, 2.75) is 39.8 Å². The van der Waals surface area contributed by atoms with Crippen molar-refractivity contribution in [1.82, 2.24) is 15.2 Å². The SMILES string of the molecule is CCCC(=O)Nc1ccc(CN=C(NCC)NCc2cc(Cl)c(Cl)n2C)cc1. The molecule has 1 heterocycles. The summed E-state index contributed by atoms with van der Waals surface area (Å²) in [6.45, 7) is 5.83. The van der Waals surface area contributed by atoms with E-state index in [9.17, 15) is 4.79 Å². The van der Waals surface area contributed by atoms with Crippen LogP contribution in [0.3, 0.4) is 0 Å². The van der Waals surface area contributed by atoms with Gasteiger partial charge in [-0.05, 0) is 37.1 Å². The number of rotatable bonds is 8. The van der Waals surface area contributed by atoms with Crippen LogP contribution in [0.4, 0.5) is 5.69 Å². The Balaban J connectivity index is 1.96. The Morgan fingerprint density at radius 3 is 2.43 bits per heavy atom. The molecule has 28 heavy (non-hydrogen) atoms. The minimum absolute atomic E-state index is 0.0350. The predicted molar refractivity (Wildman–Crippen MR) is 117 cm³/mol. The molecule has 0 aliphatic rings. The number of halogens is 2. The maximum Gasteiger partial charge on any atom is 0.224 e. The number of carbonyl (C=O) groups excluding carboxylic acids is 1. The molecule has 2 rings (SSSR count). The minimum atomic E-state index is 0.0350. The van der Waals surface area contributed by atoms with Crippen LogP contribution in [0, 0.1) is 0 Å². The number of amides is 1. The van der Waals surface area contributed by atoms with Gasteiger partial charge < -0.3 is 20.5 Å². The molecule has 2 aromatic rings. The molecule has 1 aromatic heterocycles. The number of aliphatic imine (C=N–C) groups is 1. The molecule has 0 bridgehead atoms. The molecule has 0 saturated heterocycles. The number of hydrogen-bond donors (Lipinski definition) is 3. The lowest BCUT2D eigenvalue weighted by Crippen LogP contribution is -2.37. The van der Waals surface area contributed by atoms with Crippen LogP contribution in [-0.2, 0) is 24.9 Å². The lowest BCUT2D eigenvalue weighted by atomic mass is 10.2. The number of nitrogens with zero attached hydrogens (tertiary/aromatic N) is 2. The van der Waals surface area contributed by atoms with Crippen molar-refractivity contribution < 1.29 is 4.79 Å². The van der Waals surface area contributed by atoms with Gasteiger partial charge in [-0.2, -0.15) is 0 Å². The van der Waals surface area contributed by atoms with E-state index in [1.54, 1.807) is 0 Å². The molecule has 0 atom stereocenters. The molecule has 0 aliphatic heterocycles. The molecule has 3 N–H and O–H groups in total. The Morgan fingerprint density at radius 1 is 1.14 bits per heavy atom. The highest BCUT2D eigenvalue weighted by molar-refractivity contribution is 6.41. The maximum atomic E-state index is 11.7. The van der Waals surface area contributed by atoms with E-state index in [2.05, 4.69) is 20.9 Å². The van der Waals surface area contributed by atoms with Gasteiger partial charge in [0, 0.05) is 31.4 Å². The standard InChI is InChI=1S/C20H27Cl2N5O/c1-4-6-18(28)26-15-9-7-14(8-10-15)12-24-20(23-5-2)25-13-16-11-17(21)19(22)27(16)3/h7-11H,4-6,12-13H2,1-3H3,(H,26,28)(H2,23,24,25). The Labute approximate surface area is 176 Å². The highest BCUT2D eigenvalue weighted by Crippen LogP contribution is 2.24. The van der Waals surface area contributed by atoms with Crippen LogP contribution >= 0.6 is 23.2 Å². The zero-order chi connectivity index (χ0) is 20.5. The quantitative estimate of drug-likeness (QED) is 0.437. The van der Waals surface area contributed by atoms with E-state index in [4.69, 9.17) is 23.2 Å². The van der Waals surface area contributed by atoms with Crippen LogP contribution < -0.4 is 16.0 Å². The maximum absolute atomic E-state index is 11.7. The Bertz CT molecular complexity index is 815. The van der Waals surface area contributed by atoms with Crippen molar-refractivity contribution in [1.29, 1.82) is 0 Å². The van der Waals surface area contributed by atoms with Gasteiger partial charge in [0.05, 0.1) is 18.1 Å². The van der Waals surface area contributed by atoms with Gasteiger partial charge in [-0.15, -0.1) is 0 Å². The summed E-state index contributed by atoms with van der Waals surface area (Å²) in [5, 5.41) is 10.4. The number of aromatic nitrogens is 1. The molecule has 0 unspecified atom stereocenters. The largest absolute Gasteiger partial charge is 0.357 e. The fourth-order valence-corrected chi connectivity index (χ4v) is 3.00. The van der Waals surface area contributed by atoms with Crippen LogP contribution in [0.25, 0.3) is 0 Å². The molecular weight excluding hydrogens is 397 g/mol. The predicted octanol–water partition coefficient (Wildman–Crippen LogP) is 4.33. The van der Waals surface area contributed by atoms with Crippen molar-refractivity contribution in [3.63, 3.8) is 0 Å². The van der Waals surface area contributed by atoms with Crippen molar-refractivity contribution in [3.8, 4) is 0 Å². The normalized spacial score (nSPS) is 11.4. The second-order valence-corrected chi connectivity index (χ2v) is 7.14. The third-order valence-corrected chi connectivity index (χ3v) is 4.97. The lowest BCUT2D eigenvalue weighted by Gasteiger charge is -2.12. The Kier molecular flexibility index (Phi) is 8.67. The van der Waals surface area contributed by atoms with Gasteiger partial charge in [0.25, 0.3) is 0 Å². The van der Waals surface area contributed by atoms with Crippen LogP contribution in [0.2, 0.25) is 10.2 Å². The van der Waals surface area contributed by atoms with E-state index in [0.717, 1.165) is 29.9 Å². The molecule has 0 fully saturated rings. The first-order valence-electron chi connectivity index (χ1n) is 9.35.